The average molecular weight is 218 g/mol. The summed E-state index contributed by atoms with van der Waals surface area (Å²) in [6, 6.07) is 1.69. The van der Waals surface area contributed by atoms with Gasteiger partial charge in [0.1, 0.15) is 0 Å². The summed E-state index contributed by atoms with van der Waals surface area (Å²) >= 11 is 0. The highest BCUT2D eigenvalue weighted by atomic mass is 32.2. The van der Waals surface area contributed by atoms with Gasteiger partial charge in [-0.2, -0.15) is 5.26 Å². The number of nitriles is 1. The maximum absolute atomic E-state index is 11.7. The first-order valence-corrected chi connectivity index (χ1v) is 6.11. The molecule has 0 aliphatic heterocycles. The molecule has 0 bridgehead atoms. The van der Waals surface area contributed by atoms with Crippen LogP contribution in [0.25, 0.3) is 0 Å². The fraction of sp³-hybridized carbons (Fsp3) is 0.889. The molecule has 0 aliphatic rings. The van der Waals surface area contributed by atoms with Crippen molar-refractivity contribution in [3.05, 3.63) is 0 Å². The van der Waals surface area contributed by atoms with Crippen LogP contribution in [0.4, 0.5) is 0 Å². The Bertz CT molecular complexity index is 309. The van der Waals surface area contributed by atoms with Crippen LogP contribution in [-0.4, -0.2) is 19.2 Å². The lowest BCUT2D eigenvalue weighted by molar-refractivity contribution is 0.514. The predicted octanol–water partition coefficient (Wildman–Crippen LogP) is 1.40. The van der Waals surface area contributed by atoms with Crippen LogP contribution in [0.1, 0.15) is 40.5 Å². The minimum Gasteiger partial charge on any atom is -0.212 e. The normalized spacial score (nSPS) is 14.8. The van der Waals surface area contributed by atoms with E-state index in [1.165, 1.54) is 0 Å². The smallest absolute Gasteiger partial charge is 0.212 e. The SMILES string of the molecule is CCC(CC#N)NS(=O)(=O)C(C)(C)C. The molecule has 0 heterocycles. The third-order valence-electron chi connectivity index (χ3n) is 1.96. The van der Waals surface area contributed by atoms with E-state index in [0.29, 0.717) is 6.42 Å². The van der Waals surface area contributed by atoms with Crippen LogP contribution < -0.4 is 4.72 Å². The minimum atomic E-state index is -3.33. The van der Waals surface area contributed by atoms with Crippen molar-refractivity contribution in [1.29, 1.82) is 5.26 Å². The summed E-state index contributed by atoms with van der Waals surface area (Å²) in [6.07, 6.45) is 0.842. The van der Waals surface area contributed by atoms with Crippen LogP contribution in [0.3, 0.4) is 0 Å². The highest BCUT2D eigenvalue weighted by Crippen LogP contribution is 2.14. The monoisotopic (exact) mass is 218 g/mol. The first-order chi connectivity index (χ1) is 6.24. The van der Waals surface area contributed by atoms with Gasteiger partial charge in [0, 0.05) is 6.04 Å². The van der Waals surface area contributed by atoms with E-state index in [2.05, 4.69) is 4.72 Å². The summed E-state index contributed by atoms with van der Waals surface area (Å²) in [4.78, 5) is 0. The summed E-state index contributed by atoms with van der Waals surface area (Å²) in [7, 11) is -3.33. The topological polar surface area (TPSA) is 70.0 Å². The molecular weight excluding hydrogens is 200 g/mol. The van der Waals surface area contributed by atoms with Crippen molar-refractivity contribution >= 4 is 10.0 Å². The molecule has 0 amide bonds. The molecule has 1 unspecified atom stereocenters. The number of nitrogens with zero attached hydrogens (tertiary/aromatic N) is 1. The molecule has 1 atom stereocenters. The fourth-order valence-electron chi connectivity index (χ4n) is 0.776. The van der Waals surface area contributed by atoms with Crippen LogP contribution in [-0.2, 0) is 10.0 Å². The first-order valence-electron chi connectivity index (χ1n) is 4.63. The van der Waals surface area contributed by atoms with Gasteiger partial charge < -0.3 is 0 Å². The van der Waals surface area contributed by atoms with Crippen molar-refractivity contribution in [2.24, 2.45) is 0 Å². The van der Waals surface area contributed by atoms with Crippen LogP contribution in [0.2, 0.25) is 0 Å². The van der Waals surface area contributed by atoms with Gasteiger partial charge in [0.05, 0.1) is 17.2 Å². The van der Waals surface area contributed by atoms with Gasteiger partial charge in [-0.15, -0.1) is 0 Å². The Morgan fingerprint density at radius 1 is 1.43 bits per heavy atom. The summed E-state index contributed by atoms with van der Waals surface area (Å²) < 4.78 is 25.1. The van der Waals surface area contributed by atoms with Crippen LogP contribution >= 0.6 is 0 Å². The van der Waals surface area contributed by atoms with Gasteiger partial charge in [-0.3, -0.25) is 0 Å². The van der Waals surface area contributed by atoms with Crippen molar-refractivity contribution in [3.8, 4) is 6.07 Å². The molecule has 4 nitrogen and oxygen atoms in total. The Morgan fingerprint density at radius 3 is 2.21 bits per heavy atom. The molecule has 0 spiro atoms. The quantitative estimate of drug-likeness (QED) is 0.775. The van der Waals surface area contributed by atoms with Gasteiger partial charge in [-0.1, -0.05) is 6.92 Å². The van der Waals surface area contributed by atoms with Gasteiger partial charge >= 0.3 is 0 Å². The Balaban J connectivity index is 4.59. The number of sulfonamides is 1. The van der Waals surface area contributed by atoms with Crippen LogP contribution in [0.15, 0.2) is 0 Å². The van der Waals surface area contributed by atoms with E-state index in [9.17, 15) is 8.42 Å². The molecule has 0 fully saturated rings. The molecule has 0 rings (SSSR count). The number of hydrogen-bond acceptors (Lipinski definition) is 3. The van der Waals surface area contributed by atoms with Gasteiger partial charge in [0.2, 0.25) is 10.0 Å². The van der Waals surface area contributed by atoms with Crippen LogP contribution in [0, 0.1) is 11.3 Å². The molecule has 0 aliphatic carbocycles. The maximum Gasteiger partial charge on any atom is 0.216 e. The van der Waals surface area contributed by atoms with Crippen molar-refractivity contribution in [2.45, 2.75) is 51.3 Å². The van der Waals surface area contributed by atoms with E-state index in [1.54, 1.807) is 20.8 Å². The molecule has 1 N–H and O–H groups in total. The van der Waals surface area contributed by atoms with Gasteiger partial charge in [-0.05, 0) is 27.2 Å². The lowest BCUT2D eigenvalue weighted by Crippen LogP contribution is -2.44. The van der Waals surface area contributed by atoms with Crippen molar-refractivity contribution in [2.75, 3.05) is 0 Å². The van der Waals surface area contributed by atoms with E-state index < -0.39 is 14.8 Å². The van der Waals surface area contributed by atoms with Gasteiger partial charge in [-0.25, -0.2) is 13.1 Å². The zero-order valence-electron chi connectivity index (χ0n) is 9.16. The number of nitrogens with one attached hydrogen (secondary N) is 1. The molecule has 0 saturated carbocycles. The average Bonchev–Trinajstić information content (AvgIpc) is 2.01. The summed E-state index contributed by atoms with van der Waals surface area (Å²) in [6.45, 7) is 6.75. The summed E-state index contributed by atoms with van der Waals surface area (Å²) in [5.41, 5.74) is 0. The Hall–Kier alpha value is -0.600. The van der Waals surface area contributed by atoms with Gasteiger partial charge in [0.15, 0.2) is 0 Å². The minimum absolute atomic E-state index is 0.214. The Morgan fingerprint density at radius 2 is 1.93 bits per heavy atom. The predicted molar refractivity (Wildman–Crippen MR) is 56.1 cm³/mol. The lowest BCUT2D eigenvalue weighted by atomic mass is 10.2. The highest BCUT2D eigenvalue weighted by Gasteiger charge is 2.30. The van der Waals surface area contributed by atoms with E-state index in [0.717, 1.165) is 0 Å². The number of rotatable bonds is 4. The van der Waals surface area contributed by atoms with E-state index in [-0.39, 0.29) is 12.5 Å². The zero-order valence-corrected chi connectivity index (χ0v) is 9.98. The van der Waals surface area contributed by atoms with Crippen LogP contribution in [0.5, 0.6) is 0 Å². The van der Waals surface area contributed by atoms with Crippen molar-refractivity contribution in [1.82, 2.24) is 4.72 Å². The molecule has 0 aromatic carbocycles. The van der Waals surface area contributed by atoms with Crippen molar-refractivity contribution < 1.29 is 8.42 Å². The van der Waals surface area contributed by atoms with Crippen molar-refractivity contribution in [3.63, 3.8) is 0 Å². The first kappa shape index (κ1) is 13.4. The second-order valence-corrected chi connectivity index (χ2v) is 6.67. The largest absolute Gasteiger partial charge is 0.216 e. The van der Waals surface area contributed by atoms with E-state index in [4.69, 9.17) is 5.26 Å². The lowest BCUT2D eigenvalue weighted by Gasteiger charge is -2.23. The molecule has 5 heteroatoms. The summed E-state index contributed by atoms with van der Waals surface area (Å²) in [5, 5.41) is 8.48. The molecule has 0 saturated heterocycles. The molecule has 0 aromatic heterocycles. The number of hydrogen-bond donors (Lipinski definition) is 1. The zero-order chi connectivity index (χ0) is 11.4. The van der Waals surface area contributed by atoms with E-state index >= 15 is 0 Å². The van der Waals surface area contributed by atoms with E-state index in [1.807, 2.05) is 13.0 Å². The summed E-state index contributed by atoms with van der Waals surface area (Å²) in [5.74, 6) is 0. The molecule has 14 heavy (non-hydrogen) atoms. The Labute approximate surface area is 86.4 Å². The second kappa shape index (κ2) is 4.76. The molecule has 82 valence electrons. The molecular formula is C9H18N2O2S. The third kappa shape index (κ3) is 3.64. The third-order valence-corrected chi connectivity index (χ3v) is 4.21. The maximum atomic E-state index is 11.7. The fourth-order valence-corrected chi connectivity index (χ4v) is 1.82. The van der Waals surface area contributed by atoms with Gasteiger partial charge in [0.25, 0.3) is 0 Å². The molecule has 0 radical (unpaired) electrons. The highest BCUT2D eigenvalue weighted by molar-refractivity contribution is 7.90. The standard InChI is InChI=1S/C9H18N2O2S/c1-5-8(6-7-10)11-14(12,13)9(2,3)4/h8,11H,5-6H2,1-4H3. The molecule has 0 aromatic rings. The second-order valence-electron chi connectivity index (χ2n) is 4.20. The Kier molecular flexibility index (Phi) is 4.56.